The van der Waals surface area contributed by atoms with Crippen LogP contribution in [0.15, 0.2) is 18.2 Å². The Morgan fingerprint density at radius 1 is 1.38 bits per heavy atom. The molecular formula is C16H24ClN3O. The molecule has 3 N–H and O–H groups in total. The lowest BCUT2D eigenvalue weighted by molar-refractivity contribution is 0.0828. The monoisotopic (exact) mass is 309 g/mol. The van der Waals surface area contributed by atoms with Crippen LogP contribution in [0.25, 0.3) is 0 Å². The van der Waals surface area contributed by atoms with E-state index in [0.717, 1.165) is 18.5 Å². The molecule has 4 nitrogen and oxygen atoms in total. The highest BCUT2D eigenvalue weighted by molar-refractivity contribution is 6.31. The van der Waals surface area contributed by atoms with Crippen LogP contribution in [0.3, 0.4) is 0 Å². The van der Waals surface area contributed by atoms with E-state index in [9.17, 15) is 4.79 Å². The van der Waals surface area contributed by atoms with Crippen molar-refractivity contribution in [3.63, 3.8) is 0 Å². The summed E-state index contributed by atoms with van der Waals surface area (Å²) in [4.78, 5) is 13.9. The van der Waals surface area contributed by atoms with Gasteiger partial charge in [0.05, 0.1) is 5.56 Å². The Morgan fingerprint density at radius 2 is 2.10 bits per heavy atom. The second-order valence-corrected chi connectivity index (χ2v) is 6.36. The van der Waals surface area contributed by atoms with Crippen molar-refractivity contribution in [1.29, 1.82) is 0 Å². The lowest BCUT2D eigenvalue weighted by Gasteiger charge is -2.32. The van der Waals surface area contributed by atoms with E-state index in [2.05, 4.69) is 5.32 Å². The lowest BCUT2D eigenvalue weighted by atomic mass is 9.84. The average Bonchev–Trinajstić information content (AvgIpc) is 2.47. The topological polar surface area (TPSA) is 58.4 Å². The van der Waals surface area contributed by atoms with Gasteiger partial charge in [0, 0.05) is 30.8 Å². The molecule has 0 aliphatic heterocycles. The maximum atomic E-state index is 12.3. The van der Waals surface area contributed by atoms with Crippen molar-refractivity contribution < 1.29 is 4.79 Å². The molecule has 0 spiro atoms. The molecule has 1 fully saturated rings. The summed E-state index contributed by atoms with van der Waals surface area (Å²) in [6, 6.07) is 5.69. The van der Waals surface area contributed by atoms with E-state index < -0.39 is 0 Å². The van der Waals surface area contributed by atoms with Gasteiger partial charge in [-0.3, -0.25) is 4.79 Å². The van der Waals surface area contributed by atoms with Gasteiger partial charge in [0.1, 0.15) is 0 Å². The number of nitrogens with two attached hydrogens (primary N) is 1. The summed E-state index contributed by atoms with van der Waals surface area (Å²) < 4.78 is 0. The Bertz CT molecular complexity index is 504. The van der Waals surface area contributed by atoms with Gasteiger partial charge in [0.15, 0.2) is 0 Å². The fourth-order valence-electron chi connectivity index (χ4n) is 2.94. The van der Waals surface area contributed by atoms with Crippen LogP contribution in [0.4, 0.5) is 5.69 Å². The average molecular weight is 310 g/mol. The number of rotatable bonds is 4. The number of anilines is 1. The fourth-order valence-corrected chi connectivity index (χ4v) is 3.11. The first kappa shape index (κ1) is 16.1. The molecule has 0 saturated heterocycles. The third-order valence-corrected chi connectivity index (χ3v) is 4.41. The summed E-state index contributed by atoms with van der Waals surface area (Å²) in [6.45, 7) is 0.676. The van der Waals surface area contributed by atoms with Gasteiger partial charge in [-0.15, -0.1) is 0 Å². The van der Waals surface area contributed by atoms with E-state index in [-0.39, 0.29) is 5.91 Å². The van der Waals surface area contributed by atoms with E-state index in [1.54, 1.807) is 31.1 Å². The maximum Gasteiger partial charge on any atom is 0.255 e. The van der Waals surface area contributed by atoms with Gasteiger partial charge in [0.2, 0.25) is 0 Å². The molecule has 1 aliphatic carbocycles. The summed E-state index contributed by atoms with van der Waals surface area (Å²) in [6.07, 6.45) is 4.67. The van der Waals surface area contributed by atoms with Crippen molar-refractivity contribution in [1.82, 2.24) is 4.90 Å². The van der Waals surface area contributed by atoms with Crippen LogP contribution in [-0.2, 0) is 0 Å². The normalized spacial score (nSPS) is 21.9. The molecule has 1 saturated carbocycles. The van der Waals surface area contributed by atoms with Crippen LogP contribution in [0.1, 0.15) is 36.0 Å². The number of nitrogens with one attached hydrogen (secondary N) is 1. The Kier molecular flexibility index (Phi) is 5.48. The number of carbonyl (C=O) groups excluding carboxylic acids is 1. The Hall–Kier alpha value is -1.26. The molecule has 0 heterocycles. The zero-order chi connectivity index (χ0) is 15.4. The smallest absolute Gasteiger partial charge is 0.255 e. The highest BCUT2D eigenvalue weighted by atomic mass is 35.5. The largest absolute Gasteiger partial charge is 0.381 e. The molecule has 1 aromatic carbocycles. The number of amides is 1. The zero-order valence-corrected chi connectivity index (χ0v) is 13.5. The van der Waals surface area contributed by atoms with Gasteiger partial charge in [0.25, 0.3) is 5.91 Å². The number of carbonyl (C=O) groups is 1. The van der Waals surface area contributed by atoms with Crippen LogP contribution in [-0.4, -0.2) is 37.5 Å². The number of nitrogens with zero attached hydrogens (tertiary/aromatic N) is 1. The molecule has 0 radical (unpaired) electrons. The first-order chi connectivity index (χ1) is 10.0. The predicted molar refractivity (Wildman–Crippen MR) is 87.9 cm³/mol. The third kappa shape index (κ3) is 3.89. The second kappa shape index (κ2) is 7.14. The second-order valence-electron chi connectivity index (χ2n) is 5.92. The van der Waals surface area contributed by atoms with Crippen molar-refractivity contribution in [2.45, 2.75) is 31.7 Å². The minimum Gasteiger partial charge on any atom is -0.381 e. The van der Waals surface area contributed by atoms with E-state index in [1.165, 1.54) is 12.8 Å². The van der Waals surface area contributed by atoms with Crippen LogP contribution < -0.4 is 11.1 Å². The number of halogens is 1. The first-order valence-corrected chi connectivity index (χ1v) is 7.88. The summed E-state index contributed by atoms with van der Waals surface area (Å²) in [5.41, 5.74) is 7.35. The van der Waals surface area contributed by atoms with Crippen molar-refractivity contribution in [3.05, 3.63) is 28.8 Å². The summed E-state index contributed by atoms with van der Waals surface area (Å²) in [7, 11) is 3.51. The third-order valence-electron chi connectivity index (χ3n) is 4.17. The molecule has 116 valence electrons. The van der Waals surface area contributed by atoms with Gasteiger partial charge in [-0.05, 0) is 43.5 Å². The molecule has 5 heteroatoms. The molecule has 2 rings (SSSR count). The number of hydrogen-bond acceptors (Lipinski definition) is 3. The van der Waals surface area contributed by atoms with E-state index >= 15 is 0 Å². The van der Waals surface area contributed by atoms with Crippen LogP contribution in [0.2, 0.25) is 5.02 Å². The van der Waals surface area contributed by atoms with Crippen molar-refractivity contribution in [2.24, 2.45) is 11.7 Å². The quantitative estimate of drug-likeness (QED) is 0.899. The minimum absolute atomic E-state index is 0.0192. The standard InChI is InChI=1S/C16H24ClN3O/c1-20(2)16(21)13-8-7-12(17)9-15(13)19-14-6-4-3-5-11(14)10-18/h7-9,11,14,19H,3-6,10,18H2,1-2H3. The van der Waals surface area contributed by atoms with Crippen LogP contribution in [0, 0.1) is 5.92 Å². The van der Waals surface area contributed by atoms with Gasteiger partial charge in [-0.25, -0.2) is 0 Å². The summed E-state index contributed by atoms with van der Waals surface area (Å²) in [5.74, 6) is 0.439. The first-order valence-electron chi connectivity index (χ1n) is 7.50. The molecule has 0 aromatic heterocycles. The van der Waals surface area contributed by atoms with Crippen LogP contribution in [0.5, 0.6) is 0 Å². The Balaban J connectivity index is 2.25. The highest BCUT2D eigenvalue weighted by Crippen LogP contribution is 2.29. The van der Waals surface area contributed by atoms with E-state index in [0.29, 0.717) is 29.1 Å². The van der Waals surface area contributed by atoms with Gasteiger partial charge < -0.3 is 16.0 Å². The molecule has 1 aromatic rings. The highest BCUT2D eigenvalue weighted by Gasteiger charge is 2.25. The summed E-state index contributed by atoms with van der Waals surface area (Å²) >= 11 is 6.10. The van der Waals surface area contributed by atoms with Crippen LogP contribution >= 0.6 is 11.6 Å². The molecule has 2 atom stereocenters. The molecule has 21 heavy (non-hydrogen) atoms. The minimum atomic E-state index is -0.0192. The SMILES string of the molecule is CN(C)C(=O)c1ccc(Cl)cc1NC1CCCCC1CN. The lowest BCUT2D eigenvalue weighted by Crippen LogP contribution is -2.37. The predicted octanol–water partition coefficient (Wildman–Crippen LogP) is 2.97. The van der Waals surface area contributed by atoms with Crippen molar-refractivity contribution in [3.8, 4) is 0 Å². The molecule has 1 aliphatic rings. The molecule has 1 amide bonds. The van der Waals surface area contributed by atoms with Gasteiger partial charge in [-0.2, -0.15) is 0 Å². The zero-order valence-electron chi connectivity index (χ0n) is 12.7. The van der Waals surface area contributed by atoms with Crippen molar-refractivity contribution >= 4 is 23.2 Å². The van der Waals surface area contributed by atoms with Gasteiger partial charge >= 0.3 is 0 Å². The molecular weight excluding hydrogens is 286 g/mol. The number of hydrogen-bond donors (Lipinski definition) is 2. The number of benzene rings is 1. The molecule has 0 bridgehead atoms. The van der Waals surface area contributed by atoms with Gasteiger partial charge in [-0.1, -0.05) is 24.4 Å². The fraction of sp³-hybridized carbons (Fsp3) is 0.562. The Labute approximate surface area is 131 Å². The summed E-state index contributed by atoms with van der Waals surface area (Å²) in [5, 5.41) is 4.15. The van der Waals surface area contributed by atoms with E-state index in [1.807, 2.05) is 6.07 Å². The maximum absolute atomic E-state index is 12.3. The van der Waals surface area contributed by atoms with Crippen molar-refractivity contribution in [2.75, 3.05) is 26.0 Å². The van der Waals surface area contributed by atoms with E-state index in [4.69, 9.17) is 17.3 Å². The molecule has 2 unspecified atom stereocenters. The Morgan fingerprint density at radius 3 is 2.76 bits per heavy atom.